The maximum Gasteiger partial charge on any atom is 0.226 e. The first-order chi connectivity index (χ1) is 8.04. The standard InChI is InChI=1S/C13H18BrNO2/c1-4-17-6-5-12(16)15-13-9(2)7-11(14)8-10(13)3/h7-8H,4-6H2,1-3H3,(H,15,16). The number of hydrogen-bond donors (Lipinski definition) is 1. The zero-order chi connectivity index (χ0) is 12.8. The average molecular weight is 300 g/mol. The van der Waals surface area contributed by atoms with Crippen LogP contribution in [0.25, 0.3) is 0 Å². The van der Waals surface area contributed by atoms with Crippen molar-refractivity contribution in [2.45, 2.75) is 27.2 Å². The highest BCUT2D eigenvalue weighted by molar-refractivity contribution is 9.10. The van der Waals surface area contributed by atoms with E-state index in [9.17, 15) is 4.79 Å². The summed E-state index contributed by atoms with van der Waals surface area (Å²) < 4.78 is 6.18. The predicted molar refractivity (Wildman–Crippen MR) is 73.4 cm³/mol. The Morgan fingerprint density at radius 3 is 2.47 bits per heavy atom. The molecule has 0 radical (unpaired) electrons. The summed E-state index contributed by atoms with van der Waals surface area (Å²) in [6, 6.07) is 3.98. The highest BCUT2D eigenvalue weighted by Gasteiger charge is 2.08. The van der Waals surface area contributed by atoms with E-state index in [0.717, 1.165) is 21.3 Å². The third kappa shape index (κ3) is 4.48. The molecule has 0 saturated heterocycles. The number of amides is 1. The first-order valence-electron chi connectivity index (χ1n) is 5.69. The number of rotatable bonds is 5. The summed E-state index contributed by atoms with van der Waals surface area (Å²) in [7, 11) is 0. The maximum absolute atomic E-state index is 11.7. The van der Waals surface area contributed by atoms with Crippen LogP contribution in [0.2, 0.25) is 0 Å². The van der Waals surface area contributed by atoms with E-state index in [1.165, 1.54) is 0 Å². The van der Waals surface area contributed by atoms with Crippen LogP contribution in [0.15, 0.2) is 16.6 Å². The molecule has 1 rings (SSSR count). The minimum Gasteiger partial charge on any atom is -0.381 e. The molecule has 3 nitrogen and oxygen atoms in total. The van der Waals surface area contributed by atoms with Crippen molar-refractivity contribution in [3.63, 3.8) is 0 Å². The second-order valence-corrected chi connectivity index (χ2v) is 4.83. The minimum atomic E-state index is -0.00743. The Kier molecular flexibility index (Phi) is 5.65. The Hall–Kier alpha value is -0.870. The van der Waals surface area contributed by atoms with Gasteiger partial charge in [-0.15, -0.1) is 0 Å². The second kappa shape index (κ2) is 6.77. The van der Waals surface area contributed by atoms with Gasteiger partial charge in [-0.2, -0.15) is 0 Å². The number of hydrogen-bond acceptors (Lipinski definition) is 2. The molecule has 1 aromatic carbocycles. The topological polar surface area (TPSA) is 38.3 Å². The molecule has 0 spiro atoms. The molecule has 1 N–H and O–H groups in total. The van der Waals surface area contributed by atoms with E-state index in [0.29, 0.717) is 19.6 Å². The van der Waals surface area contributed by atoms with Gasteiger partial charge in [0.1, 0.15) is 0 Å². The van der Waals surface area contributed by atoms with E-state index < -0.39 is 0 Å². The molecule has 0 fully saturated rings. The zero-order valence-electron chi connectivity index (χ0n) is 10.5. The van der Waals surface area contributed by atoms with Crippen molar-refractivity contribution >= 4 is 27.5 Å². The molecule has 0 heterocycles. The lowest BCUT2D eigenvalue weighted by Gasteiger charge is -2.12. The van der Waals surface area contributed by atoms with Crippen LogP contribution in [-0.4, -0.2) is 19.1 Å². The molecule has 0 saturated carbocycles. The van der Waals surface area contributed by atoms with Crippen molar-refractivity contribution in [3.8, 4) is 0 Å². The van der Waals surface area contributed by atoms with E-state index in [1.807, 2.05) is 32.9 Å². The smallest absolute Gasteiger partial charge is 0.226 e. The summed E-state index contributed by atoms with van der Waals surface area (Å²) in [5, 5.41) is 2.92. The van der Waals surface area contributed by atoms with Crippen molar-refractivity contribution in [2.75, 3.05) is 18.5 Å². The SMILES string of the molecule is CCOCCC(=O)Nc1c(C)cc(Br)cc1C. The number of carbonyl (C=O) groups is 1. The Morgan fingerprint density at radius 1 is 1.35 bits per heavy atom. The fourth-order valence-corrected chi connectivity index (χ4v) is 2.31. The fraction of sp³-hybridized carbons (Fsp3) is 0.462. The van der Waals surface area contributed by atoms with Gasteiger partial charge in [-0.3, -0.25) is 4.79 Å². The van der Waals surface area contributed by atoms with Gasteiger partial charge in [-0.25, -0.2) is 0 Å². The van der Waals surface area contributed by atoms with Gasteiger partial charge in [0, 0.05) is 16.8 Å². The van der Waals surface area contributed by atoms with E-state index in [4.69, 9.17) is 4.74 Å². The van der Waals surface area contributed by atoms with Crippen molar-refractivity contribution in [1.82, 2.24) is 0 Å². The van der Waals surface area contributed by atoms with Crippen LogP contribution in [0.3, 0.4) is 0 Å². The molecule has 0 aliphatic carbocycles. The van der Waals surface area contributed by atoms with Gasteiger partial charge in [0.05, 0.1) is 13.0 Å². The Labute approximate surface area is 111 Å². The first-order valence-corrected chi connectivity index (χ1v) is 6.48. The summed E-state index contributed by atoms with van der Waals surface area (Å²) in [5.74, 6) is -0.00743. The molecule has 1 amide bonds. The van der Waals surface area contributed by atoms with Crippen LogP contribution in [0.1, 0.15) is 24.5 Å². The predicted octanol–water partition coefficient (Wildman–Crippen LogP) is 3.43. The van der Waals surface area contributed by atoms with Crippen molar-refractivity contribution in [1.29, 1.82) is 0 Å². The van der Waals surface area contributed by atoms with Crippen LogP contribution >= 0.6 is 15.9 Å². The maximum atomic E-state index is 11.7. The van der Waals surface area contributed by atoms with Gasteiger partial charge in [0.2, 0.25) is 5.91 Å². The van der Waals surface area contributed by atoms with E-state index in [1.54, 1.807) is 0 Å². The molecule has 17 heavy (non-hydrogen) atoms. The lowest BCUT2D eigenvalue weighted by molar-refractivity contribution is -0.117. The number of nitrogens with one attached hydrogen (secondary N) is 1. The lowest BCUT2D eigenvalue weighted by Crippen LogP contribution is -2.15. The summed E-state index contributed by atoms with van der Waals surface area (Å²) in [4.78, 5) is 11.7. The summed E-state index contributed by atoms with van der Waals surface area (Å²) in [6.45, 7) is 6.99. The molecular weight excluding hydrogens is 282 g/mol. The number of benzene rings is 1. The van der Waals surface area contributed by atoms with Crippen molar-refractivity contribution < 1.29 is 9.53 Å². The van der Waals surface area contributed by atoms with Gasteiger partial charge in [-0.1, -0.05) is 15.9 Å². The molecule has 0 aliphatic heterocycles. The molecule has 0 bridgehead atoms. The van der Waals surface area contributed by atoms with E-state index >= 15 is 0 Å². The van der Waals surface area contributed by atoms with Gasteiger partial charge in [0.25, 0.3) is 0 Å². The van der Waals surface area contributed by atoms with Crippen LogP contribution in [0, 0.1) is 13.8 Å². The second-order valence-electron chi connectivity index (χ2n) is 3.91. The molecule has 0 aliphatic rings. The highest BCUT2D eigenvalue weighted by atomic mass is 79.9. The number of aryl methyl sites for hydroxylation is 2. The molecule has 1 aromatic rings. The van der Waals surface area contributed by atoms with Gasteiger partial charge in [-0.05, 0) is 44.0 Å². The van der Waals surface area contributed by atoms with E-state index in [2.05, 4.69) is 21.2 Å². The lowest BCUT2D eigenvalue weighted by atomic mass is 10.1. The summed E-state index contributed by atoms with van der Waals surface area (Å²) >= 11 is 3.43. The molecular formula is C13H18BrNO2. The molecule has 94 valence electrons. The van der Waals surface area contributed by atoms with Gasteiger partial charge >= 0.3 is 0 Å². The monoisotopic (exact) mass is 299 g/mol. The Morgan fingerprint density at radius 2 is 1.94 bits per heavy atom. The fourth-order valence-electron chi connectivity index (χ4n) is 1.62. The van der Waals surface area contributed by atoms with E-state index in [-0.39, 0.29) is 5.91 Å². The average Bonchev–Trinajstić information content (AvgIpc) is 2.24. The number of anilines is 1. The third-order valence-corrected chi connectivity index (χ3v) is 2.90. The van der Waals surface area contributed by atoms with Crippen LogP contribution < -0.4 is 5.32 Å². The van der Waals surface area contributed by atoms with Crippen LogP contribution in [0.5, 0.6) is 0 Å². The van der Waals surface area contributed by atoms with Crippen LogP contribution in [0.4, 0.5) is 5.69 Å². The third-order valence-electron chi connectivity index (χ3n) is 2.44. The minimum absolute atomic E-state index is 0.00743. The molecule has 4 heteroatoms. The summed E-state index contributed by atoms with van der Waals surface area (Å²) in [5.41, 5.74) is 3.01. The molecule has 0 aromatic heterocycles. The molecule has 0 unspecified atom stereocenters. The van der Waals surface area contributed by atoms with Crippen LogP contribution in [-0.2, 0) is 9.53 Å². The molecule has 0 atom stereocenters. The highest BCUT2D eigenvalue weighted by Crippen LogP contribution is 2.25. The largest absolute Gasteiger partial charge is 0.381 e. The number of halogens is 1. The van der Waals surface area contributed by atoms with Gasteiger partial charge in [0.15, 0.2) is 0 Å². The Bertz CT molecular complexity index is 381. The first kappa shape index (κ1) is 14.2. The summed E-state index contributed by atoms with van der Waals surface area (Å²) in [6.07, 6.45) is 0.392. The number of carbonyl (C=O) groups excluding carboxylic acids is 1. The van der Waals surface area contributed by atoms with Crippen molar-refractivity contribution in [2.24, 2.45) is 0 Å². The zero-order valence-corrected chi connectivity index (χ0v) is 12.1. The Balaban J connectivity index is 2.65. The quantitative estimate of drug-likeness (QED) is 0.846. The van der Waals surface area contributed by atoms with Crippen molar-refractivity contribution in [3.05, 3.63) is 27.7 Å². The normalized spacial score (nSPS) is 10.4. The van der Waals surface area contributed by atoms with Gasteiger partial charge < -0.3 is 10.1 Å². The number of ether oxygens (including phenoxy) is 1.